The first-order valence-electron chi connectivity index (χ1n) is 4.42. The third-order valence-corrected chi connectivity index (χ3v) is 2.61. The Hall–Kier alpha value is -0.0800. The number of β-amino-alcohol motifs (C(OH)–C–C–N with tert-alkyl or cyclic N) is 1. The fourth-order valence-corrected chi connectivity index (χ4v) is 2.18. The zero-order valence-corrected chi connectivity index (χ0v) is 7.80. The third-order valence-electron chi connectivity index (χ3n) is 2.61. The van der Waals surface area contributed by atoms with Crippen LogP contribution in [0.4, 0.5) is 0 Å². The van der Waals surface area contributed by atoms with Crippen molar-refractivity contribution < 1.29 is 5.11 Å². The molecular formula is C9H19NO. The second-order valence-corrected chi connectivity index (χ2v) is 4.29. The number of aliphatic hydroxyl groups is 1. The average Bonchev–Trinajstić information content (AvgIpc) is 2.07. The van der Waals surface area contributed by atoms with Crippen LogP contribution in [0.1, 0.15) is 27.2 Å². The molecule has 0 amide bonds. The summed E-state index contributed by atoms with van der Waals surface area (Å²) in [5.74, 6) is 0.788. The molecular weight excluding hydrogens is 138 g/mol. The molecule has 0 spiro atoms. The topological polar surface area (TPSA) is 23.5 Å². The molecule has 1 heterocycles. The van der Waals surface area contributed by atoms with Crippen LogP contribution in [0, 0.1) is 5.92 Å². The van der Waals surface area contributed by atoms with E-state index in [-0.39, 0.29) is 6.61 Å². The van der Waals surface area contributed by atoms with E-state index < -0.39 is 0 Å². The number of hydrogen-bond donors (Lipinski definition) is 1. The average molecular weight is 157 g/mol. The Bertz CT molecular complexity index is 134. The molecule has 0 bridgehead atoms. The maximum atomic E-state index is 8.80. The smallest absolute Gasteiger partial charge is 0.0558 e. The summed E-state index contributed by atoms with van der Waals surface area (Å²) in [6.45, 7) is 9.05. The molecule has 2 nitrogen and oxygen atoms in total. The summed E-state index contributed by atoms with van der Waals surface area (Å²) < 4.78 is 0. The van der Waals surface area contributed by atoms with Crippen LogP contribution in [0.2, 0.25) is 0 Å². The lowest BCUT2D eigenvalue weighted by Crippen LogP contribution is -2.39. The van der Waals surface area contributed by atoms with Crippen LogP contribution in [0.3, 0.4) is 0 Å². The van der Waals surface area contributed by atoms with E-state index in [4.69, 9.17) is 5.11 Å². The van der Waals surface area contributed by atoms with Gasteiger partial charge in [0.25, 0.3) is 0 Å². The van der Waals surface area contributed by atoms with E-state index in [1.807, 2.05) is 0 Å². The standard InChI is InChI=1S/C9H19NO/c1-8-6-9(2,3)10(7-8)4-5-11/h8,11H,4-7H2,1-3H3/t8-/m1/s1. The predicted octanol–water partition coefficient (Wildman–Crippen LogP) is 1.10. The van der Waals surface area contributed by atoms with Gasteiger partial charge in [-0.05, 0) is 26.2 Å². The number of likely N-dealkylation sites (tertiary alicyclic amines) is 1. The molecule has 1 fully saturated rings. The van der Waals surface area contributed by atoms with E-state index in [9.17, 15) is 0 Å². The third kappa shape index (κ3) is 1.94. The minimum Gasteiger partial charge on any atom is -0.395 e. The monoisotopic (exact) mass is 157 g/mol. The first-order valence-corrected chi connectivity index (χ1v) is 4.42. The maximum absolute atomic E-state index is 8.80. The van der Waals surface area contributed by atoms with E-state index >= 15 is 0 Å². The predicted molar refractivity (Wildman–Crippen MR) is 46.5 cm³/mol. The van der Waals surface area contributed by atoms with Crippen molar-refractivity contribution in [3.8, 4) is 0 Å². The zero-order chi connectivity index (χ0) is 8.48. The Kier molecular flexibility index (Phi) is 2.55. The molecule has 66 valence electrons. The van der Waals surface area contributed by atoms with Crippen molar-refractivity contribution >= 4 is 0 Å². The molecule has 1 rings (SSSR count). The van der Waals surface area contributed by atoms with E-state index in [1.54, 1.807) is 0 Å². The van der Waals surface area contributed by atoms with Gasteiger partial charge in [-0.25, -0.2) is 0 Å². The van der Waals surface area contributed by atoms with Crippen molar-refractivity contribution in [1.82, 2.24) is 4.90 Å². The van der Waals surface area contributed by atoms with Crippen LogP contribution in [0.25, 0.3) is 0 Å². The summed E-state index contributed by atoms with van der Waals surface area (Å²) in [6, 6.07) is 0. The van der Waals surface area contributed by atoms with Gasteiger partial charge in [0.2, 0.25) is 0 Å². The molecule has 1 aliphatic rings. The van der Waals surface area contributed by atoms with Crippen molar-refractivity contribution in [2.24, 2.45) is 5.92 Å². The highest BCUT2D eigenvalue weighted by Gasteiger charge is 2.35. The van der Waals surface area contributed by atoms with Crippen molar-refractivity contribution in [3.63, 3.8) is 0 Å². The normalized spacial score (nSPS) is 31.1. The fraction of sp³-hybridized carbons (Fsp3) is 1.00. The highest BCUT2D eigenvalue weighted by Crippen LogP contribution is 2.31. The van der Waals surface area contributed by atoms with Crippen LogP contribution in [0.5, 0.6) is 0 Å². The van der Waals surface area contributed by atoms with Crippen molar-refractivity contribution in [3.05, 3.63) is 0 Å². The quantitative estimate of drug-likeness (QED) is 0.649. The molecule has 11 heavy (non-hydrogen) atoms. The lowest BCUT2D eigenvalue weighted by molar-refractivity contribution is 0.135. The molecule has 0 aromatic carbocycles. The minimum atomic E-state index is 0.288. The van der Waals surface area contributed by atoms with Crippen LogP contribution >= 0.6 is 0 Å². The summed E-state index contributed by atoms with van der Waals surface area (Å²) in [6.07, 6.45) is 1.26. The van der Waals surface area contributed by atoms with Gasteiger partial charge >= 0.3 is 0 Å². The molecule has 1 aliphatic heterocycles. The van der Waals surface area contributed by atoms with Gasteiger partial charge in [-0.2, -0.15) is 0 Å². The Morgan fingerprint density at radius 2 is 2.18 bits per heavy atom. The Balaban J connectivity index is 2.51. The number of aliphatic hydroxyl groups excluding tert-OH is 1. The summed E-state index contributed by atoms with van der Waals surface area (Å²) in [5.41, 5.74) is 0.308. The van der Waals surface area contributed by atoms with Crippen molar-refractivity contribution in [1.29, 1.82) is 0 Å². The molecule has 0 aromatic heterocycles. The summed E-state index contributed by atoms with van der Waals surface area (Å²) >= 11 is 0. The van der Waals surface area contributed by atoms with Gasteiger partial charge in [-0.15, -0.1) is 0 Å². The largest absolute Gasteiger partial charge is 0.395 e. The van der Waals surface area contributed by atoms with Gasteiger partial charge in [0.1, 0.15) is 0 Å². The van der Waals surface area contributed by atoms with Crippen LogP contribution < -0.4 is 0 Å². The van der Waals surface area contributed by atoms with Crippen LogP contribution in [-0.4, -0.2) is 35.2 Å². The van der Waals surface area contributed by atoms with Gasteiger partial charge < -0.3 is 5.11 Å². The Morgan fingerprint density at radius 1 is 1.55 bits per heavy atom. The van der Waals surface area contributed by atoms with Crippen LogP contribution in [-0.2, 0) is 0 Å². The Labute approximate surface area is 69.2 Å². The summed E-state index contributed by atoms with van der Waals surface area (Å²) in [5, 5.41) is 8.80. The highest BCUT2D eigenvalue weighted by atomic mass is 16.3. The SMILES string of the molecule is C[C@H]1CN(CCO)C(C)(C)C1. The zero-order valence-electron chi connectivity index (χ0n) is 7.80. The molecule has 1 atom stereocenters. The van der Waals surface area contributed by atoms with Gasteiger partial charge in [0, 0.05) is 18.6 Å². The second kappa shape index (κ2) is 3.11. The van der Waals surface area contributed by atoms with Crippen molar-refractivity contribution in [2.45, 2.75) is 32.7 Å². The summed E-state index contributed by atoms with van der Waals surface area (Å²) in [4.78, 5) is 2.37. The maximum Gasteiger partial charge on any atom is 0.0558 e. The van der Waals surface area contributed by atoms with Crippen LogP contribution in [0.15, 0.2) is 0 Å². The molecule has 1 saturated heterocycles. The van der Waals surface area contributed by atoms with Gasteiger partial charge in [0.05, 0.1) is 6.61 Å². The van der Waals surface area contributed by atoms with Gasteiger partial charge in [-0.3, -0.25) is 4.90 Å². The minimum absolute atomic E-state index is 0.288. The van der Waals surface area contributed by atoms with E-state index in [1.165, 1.54) is 6.42 Å². The molecule has 0 saturated carbocycles. The number of nitrogens with zero attached hydrogens (tertiary/aromatic N) is 1. The van der Waals surface area contributed by atoms with Crippen molar-refractivity contribution in [2.75, 3.05) is 19.7 Å². The van der Waals surface area contributed by atoms with Gasteiger partial charge in [0.15, 0.2) is 0 Å². The summed E-state index contributed by atoms with van der Waals surface area (Å²) in [7, 11) is 0. The molecule has 2 heteroatoms. The first-order chi connectivity index (χ1) is 5.06. The van der Waals surface area contributed by atoms with E-state index in [2.05, 4.69) is 25.7 Å². The van der Waals surface area contributed by atoms with E-state index in [0.29, 0.717) is 5.54 Å². The molecule has 0 aromatic rings. The van der Waals surface area contributed by atoms with E-state index in [0.717, 1.165) is 19.0 Å². The lowest BCUT2D eigenvalue weighted by Gasteiger charge is -2.30. The first kappa shape index (κ1) is 9.01. The molecule has 0 radical (unpaired) electrons. The fourth-order valence-electron chi connectivity index (χ4n) is 2.18. The lowest BCUT2D eigenvalue weighted by atomic mass is 9.98. The Morgan fingerprint density at radius 3 is 2.55 bits per heavy atom. The molecule has 1 N–H and O–H groups in total. The second-order valence-electron chi connectivity index (χ2n) is 4.29. The van der Waals surface area contributed by atoms with Gasteiger partial charge in [-0.1, -0.05) is 6.92 Å². The number of hydrogen-bond acceptors (Lipinski definition) is 2. The molecule has 0 aliphatic carbocycles. The molecule has 0 unspecified atom stereocenters. The number of rotatable bonds is 2. The highest BCUT2D eigenvalue weighted by molar-refractivity contribution is 4.90.